The summed E-state index contributed by atoms with van der Waals surface area (Å²) >= 11 is 0. The Balaban J connectivity index is 2.06. The van der Waals surface area contributed by atoms with Gasteiger partial charge in [0, 0.05) is 12.2 Å². The van der Waals surface area contributed by atoms with Crippen LogP contribution in [-0.2, 0) is 0 Å². The molecule has 2 rings (SSSR count). The van der Waals surface area contributed by atoms with Crippen LogP contribution in [0.1, 0.15) is 33.4 Å². The Kier molecular flexibility index (Phi) is 3.04. The number of pyridine rings is 1. The first-order valence-electron chi connectivity index (χ1n) is 6.55. The maximum atomic E-state index is 5.33. The molecule has 1 aliphatic rings. The summed E-state index contributed by atoms with van der Waals surface area (Å²) in [6, 6.07) is 2.04. The predicted octanol–water partition coefficient (Wildman–Crippen LogP) is 3.49. The molecule has 0 amide bonds. The Morgan fingerprint density at radius 2 is 1.89 bits per heavy atom. The molecule has 0 aliphatic heterocycles. The van der Waals surface area contributed by atoms with E-state index in [1.54, 1.807) is 13.3 Å². The second kappa shape index (κ2) is 4.15. The van der Waals surface area contributed by atoms with Gasteiger partial charge in [-0.2, -0.15) is 0 Å². The molecule has 1 aliphatic carbocycles. The van der Waals surface area contributed by atoms with E-state index in [2.05, 4.69) is 38.0 Å². The molecular weight excluding hydrogens is 224 g/mol. The number of aryl methyl sites for hydroxylation is 1. The van der Waals surface area contributed by atoms with Crippen molar-refractivity contribution in [2.75, 3.05) is 19.0 Å². The SMILES string of the molecule is COc1cnc(C)cc1NCC1C(C)(C)C1(C)C. The minimum atomic E-state index is 0.412. The Morgan fingerprint density at radius 1 is 1.28 bits per heavy atom. The number of hydrogen-bond acceptors (Lipinski definition) is 3. The van der Waals surface area contributed by atoms with Crippen LogP contribution in [0, 0.1) is 23.7 Å². The molecule has 0 saturated heterocycles. The lowest BCUT2D eigenvalue weighted by Gasteiger charge is -2.12. The quantitative estimate of drug-likeness (QED) is 0.885. The van der Waals surface area contributed by atoms with Crippen LogP contribution >= 0.6 is 0 Å². The number of hydrogen-bond donors (Lipinski definition) is 1. The summed E-state index contributed by atoms with van der Waals surface area (Å²) in [6.07, 6.45) is 1.78. The molecule has 0 bridgehead atoms. The molecule has 3 heteroatoms. The Morgan fingerprint density at radius 3 is 2.39 bits per heavy atom. The van der Waals surface area contributed by atoms with Crippen molar-refractivity contribution in [3.8, 4) is 5.75 Å². The number of rotatable bonds is 4. The Labute approximate surface area is 110 Å². The van der Waals surface area contributed by atoms with Crippen LogP contribution in [-0.4, -0.2) is 18.6 Å². The van der Waals surface area contributed by atoms with E-state index in [0.717, 1.165) is 23.7 Å². The van der Waals surface area contributed by atoms with Crippen molar-refractivity contribution in [1.29, 1.82) is 0 Å². The van der Waals surface area contributed by atoms with Crippen molar-refractivity contribution < 1.29 is 4.74 Å². The molecule has 1 saturated carbocycles. The first-order chi connectivity index (χ1) is 8.30. The molecule has 100 valence electrons. The number of aromatic nitrogens is 1. The van der Waals surface area contributed by atoms with Gasteiger partial charge in [-0.15, -0.1) is 0 Å². The summed E-state index contributed by atoms with van der Waals surface area (Å²) in [6.45, 7) is 12.3. The molecule has 0 spiro atoms. The van der Waals surface area contributed by atoms with E-state index >= 15 is 0 Å². The lowest BCUT2D eigenvalue weighted by Crippen LogP contribution is -2.09. The first kappa shape index (κ1) is 13.2. The van der Waals surface area contributed by atoms with Gasteiger partial charge in [-0.05, 0) is 29.7 Å². The summed E-state index contributed by atoms with van der Waals surface area (Å²) in [4.78, 5) is 4.25. The normalized spacial score (nSPS) is 20.6. The van der Waals surface area contributed by atoms with Crippen LogP contribution in [0.15, 0.2) is 12.3 Å². The summed E-state index contributed by atoms with van der Waals surface area (Å²) < 4.78 is 5.33. The maximum Gasteiger partial charge on any atom is 0.160 e. The second-order valence-electron chi connectivity index (χ2n) is 6.40. The lowest BCUT2D eigenvalue weighted by atomic mass is 10.0. The molecule has 1 aromatic rings. The topological polar surface area (TPSA) is 34.1 Å². The van der Waals surface area contributed by atoms with Crippen LogP contribution < -0.4 is 10.1 Å². The predicted molar refractivity (Wildman–Crippen MR) is 75.1 cm³/mol. The van der Waals surface area contributed by atoms with E-state index in [1.165, 1.54) is 0 Å². The maximum absolute atomic E-state index is 5.33. The molecule has 3 nitrogen and oxygen atoms in total. The van der Waals surface area contributed by atoms with E-state index in [0.29, 0.717) is 16.7 Å². The van der Waals surface area contributed by atoms with Crippen molar-refractivity contribution in [2.45, 2.75) is 34.6 Å². The van der Waals surface area contributed by atoms with Gasteiger partial charge >= 0.3 is 0 Å². The van der Waals surface area contributed by atoms with E-state index in [4.69, 9.17) is 4.74 Å². The fourth-order valence-corrected chi connectivity index (χ4v) is 2.90. The Bertz CT molecular complexity index is 438. The summed E-state index contributed by atoms with van der Waals surface area (Å²) in [5.74, 6) is 1.51. The summed E-state index contributed by atoms with van der Waals surface area (Å²) in [7, 11) is 1.68. The third kappa shape index (κ3) is 1.96. The Hall–Kier alpha value is -1.25. The zero-order valence-corrected chi connectivity index (χ0v) is 12.3. The van der Waals surface area contributed by atoms with Crippen LogP contribution in [0.25, 0.3) is 0 Å². The van der Waals surface area contributed by atoms with E-state index < -0.39 is 0 Å². The van der Waals surface area contributed by atoms with Gasteiger partial charge in [0.1, 0.15) is 0 Å². The van der Waals surface area contributed by atoms with Gasteiger partial charge in [0.15, 0.2) is 5.75 Å². The number of ether oxygens (including phenoxy) is 1. The third-order valence-electron chi connectivity index (χ3n) is 5.04. The minimum Gasteiger partial charge on any atom is -0.493 e. The van der Waals surface area contributed by atoms with Gasteiger partial charge < -0.3 is 10.1 Å². The monoisotopic (exact) mass is 248 g/mol. The molecule has 0 radical (unpaired) electrons. The van der Waals surface area contributed by atoms with Crippen LogP contribution in [0.5, 0.6) is 5.75 Å². The molecule has 0 aromatic carbocycles. The summed E-state index contributed by atoms with van der Waals surface area (Å²) in [5, 5.41) is 3.51. The third-order valence-corrected chi connectivity index (χ3v) is 5.04. The van der Waals surface area contributed by atoms with Crippen molar-refractivity contribution in [3.05, 3.63) is 18.0 Å². The zero-order chi connectivity index (χ0) is 13.6. The van der Waals surface area contributed by atoms with E-state index in [-0.39, 0.29) is 0 Å². The van der Waals surface area contributed by atoms with Crippen molar-refractivity contribution in [2.24, 2.45) is 16.7 Å². The van der Waals surface area contributed by atoms with Crippen molar-refractivity contribution in [3.63, 3.8) is 0 Å². The fourth-order valence-electron chi connectivity index (χ4n) is 2.90. The van der Waals surface area contributed by atoms with Gasteiger partial charge in [-0.1, -0.05) is 27.7 Å². The zero-order valence-electron chi connectivity index (χ0n) is 12.3. The average Bonchev–Trinajstić information content (AvgIpc) is 2.67. The van der Waals surface area contributed by atoms with Gasteiger partial charge in [0.25, 0.3) is 0 Å². The second-order valence-corrected chi connectivity index (χ2v) is 6.40. The molecule has 18 heavy (non-hydrogen) atoms. The minimum absolute atomic E-state index is 0.412. The number of methoxy groups -OCH3 is 1. The first-order valence-corrected chi connectivity index (χ1v) is 6.55. The highest BCUT2D eigenvalue weighted by Crippen LogP contribution is 2.68. The number of anilines is 1. The number of nitrogens with one attached hydrogen (secondary N) is 1. The fraction of sp³-hybridized carbons (Fsp3) is 0.667. The highest BCUT2D eigenvalue weighted by atomic mass is 16.5. The van der Waals surface area contributed by atoms with Crippen molar-refractivity contribution >= 4 is 5.69 Å². The molecule has 0 atom stereocenters. The number of nitrogens with zero attached hydrogens (tertiary/aromatic N) is 1. The van der Waals surface area contributed by atoms with Gasteiger partial charge in [-0.3, -0.25) is 4.98 Å². The van der Waals surface area contributed by atoms with E-state index in [9.17, 15) is 0 Å². The van der Waals surface area contributed by atoms with Crippen LogP contribution in [0.2, 0.25) is 0 Å². The smallest absolute Gasteiger partial charge is 0.160 e. The largest absolute Gasteiger partial charge is 0.493 e. The van der Waals surface area contributed by atoms with Gasteiger partial charge in [0.2, 0.25) is 0 Å². The highest BCUT2D eigenvalue weighted by molar-refractivity contribution is 5.56. The molecule has 1 N–H and O–H groups in total. The van der Waals surface area contributed by atoms with Crippen LogP contribution in [0.3, 0.4) is 0 Å². The molecular formula is C15H24N2O. The molecule has 1 fully saturated rings. The van der Waals surface area contributed by atoms with Gasteiger partial charge in [-0.25, -0.2) is 0 Å². The van der Waals surface area contributed by atoms with E-state index in [1.807, 2.05) is 13.0 Å². The average molecular weight is 248 g/mol. The molecule has 1 aromatic heterocycles. The molecule has 0 unspecified atom stereocenters. The lowest BCUT2D eigenvalue weighted by molar-refractivity contribution is 0.414. The molecule has 1 heterocycles. The van der Waals surface area contributed by atoms with Crippen LogP contribution in [0.4, 0.5) is 5.69 Å². The highest BCUT2D eigenvalue weighted by Gasteiger charge is 2.64. The van der Waals surface area contributed by atoms with Crippen molar-refractivity contribution in [1.82, 2.24) is 4.98 Å². The summed E-state index contributed by atoms with van der Waals surface area (Å²) in [5.41, 5.74) is 2.88. The van der Waals surface area contributed by atoms with Gasteiger partial charge in [0.05, 0.1) is 19.0 Å². The standard InChI is InChI=1S/C15H24N2O/c1-10-7-11(12(18-6)8-16-10)17-9-13-14(2,3)15(13,4)5/h7-8,13H,9H2,1-6H3,(H,16,17).